The number of nitrogens with one attached hydrogen (secondary N) is 1. The molecule has 0 spiro atoms. The maximum absolute atomic E-state index is 11.9. The van der Waals surface area contributed by atoms with Gasteiger partial charge in [0.15, 0.2) is 5.65 Å². The third-order valence-corrected chi connectivity index (χ3v) is 6.46. The van der Waals surface area contributed by atoms with E-state index in [0.717, 1.165) is 34.3 Å². The van der Waals surface area contributed by atoms with E-state index in [1.807, 2.05) is 61.7 Å². The summed E-state index contributed by atoms with van der Waals surface area (Å²) in [5.74, 6) is 2.72. The molecule has 0 radical (unpaired) electrons. The summed E-state index contributed by atoms with van der Waals surface area (Å²) in [5.41, 5.74) is 3.33. The van der Waals surface area contributed by atoms with Crippen LogP contribution in [0.5, 0.6) is 17.2 Å². The summed E-state index contributed by atoms with van der Waals surface area (Å²) in [7, 11) is 0. The monoisotopic (exact) mass is 507 g/mol. The second-order valence-electron chi connectivity index (χ2n) is 9.05. The molecule has 1 aliphatic rings. The Morgan fingerprint density at radius 2 is 2.00 bits per heavy atom. The fourth-order valence-corrected chi connectivity index (χ4v) is 4.52. The van der Waals surface area contributed by atoms with Crippen LogP contribution < -0.4 is 14.8 Å². The van der Waals surface area contributed by atoms with Gasteiger partial charge in [0.2, 0.25) is 5.91 Å². The van der Waals surface area contributed by atoms with Crippen molar-refractivity contribution in [2.24, 2.45) is 0 Å². The summed E-state index contributed by atoms with van der Waals surface area (Å²) in [6.45, 7) is 6.75. The lowest BCUT2D eigenvalue weighted by molar-refractivity contribution is -0.125. The van der Waals surface area contributed by atoms with E-state index in [0.29, 0.717) is 36.1 Å². The second kappa shape index (κ2) is 9.81. The minimum absolute atomic E-state index is 0.0713. The predicted octanol–water partition coefficient (Wildman–Crippen LogP) is 4.68. The molecule has 1 amide bonds. The Morgan fingerprint density at radius 1 is 1.08 bits per heavy atom. The number of anilines is 2. The van der Waals surface area contributed by atoms with E-state index in [1.54, 1.807) is 9.42 Å². The number of fused-ring (bicyclic) bond motifs is 2. The normalized spacial score (nSPS) is 15.1. The van der Waals surface area contributed by atoms with Gasteiger partial charge in [0, 0.05) is 36.3 Å². The molecule has 5 aromatic rings. The van der Waals surface area contributed by atoms with Gasteiger partial charge in [-0.2, -0.15) is 5.10 Å². The molecule has 0 saturated carbocycles. The van der Waals surface area contributed by atoms with Gasteiger partial charge in [0.05, 0.1) is 12.1 Å². The average Bonchev–Trinajstić information content (AvgIpc) is 3.59. The van der Waals surface area contributed by atoms with Gasteiger partial charge in [-0.15, -0.1) is 0 Å². The molecule has 1 saturated heterocycles. The van der Waals surface area contributed by atoms with Crippen LogP contribution in [0.25, 0.3) is 16.6 Å². The van der Waals surface area contributed by atoms with Gasteiger partial charge in [-0.25, -0.2) is 19.5 Å². The van der Waals surface area contributed by atoms with Crippen LogP contribution in [0, 0.1) is 6.92 Å². The van der Waals surface area contributed by atoms with Crippen LogP contribution in [0.2, 0.25) is 0 Å². The van der Waals surface area contributed by atoms with E-state index in [-0.39, 0.29) is 12.0 Å². The topological polar surface area (TPSA) is 107 Å². The Hall–Kier alpha value is -4.99. The molecule has 3 aromatic heterocycles. The summed E-state index contributed by atoms with van der Waals surface area (Å²) in [6.07, 6.45) is 6.89. The van der Waals surface area contributed by atoms with Gasteiger partial charge in [0.1, 0.15) is 41.8 Å². The van der Waals surface area contributed by atoms with E-state index < -0.39 is 0 Å². The Balaban J connectivity index is 1.19. The van der Waals surface area contributed by atoms with Gasteiger partial charge in [0.25, 0.3) is 0 Å². The van der Waals surface area contributed by atoms with Gasteiger partial charge in [-0.05, 0) is 61.0 Å². The van der Waals surface area contributed by atoms with Crippen molar-refractivity contribution in [1.29, 1.82) is 0 Å². The zero-order valence-corrected chi connectivity index (χ0v) is 20.7. The number of carbonyl (C=O) groups excluding carboxylic acids is 1. The number of hydrogen-bond donors (Lipinski definition) is 1. The molecule has 2 aromatic carbocycles. The molecule has 1 aliphatic heterocycles. The summed E-state index contributed by atoms with van der Waals surface area (Å²) in [4.78, 5) is 26.7. The number of benzene rings is 2. The van der Waals surface area contributed by atoms with Gasteiger partial charge in [-0.1, -0.05) is 6.58 Å². The zero-order chi connectivity index (χ0) is 26.1. The van der Waals surface area contributed by atoms with Gasteiger partial charge in [-0.3, -0.25) is 4.79 Å². The van der Waals surface area contributed by atoms with Crippen LogP contribution in [0.3, 0.4) is 0 Å². The number of amides is 1. The number of hydrogen-bond acceptors (Lipinski definition) is 8. The maximum Gasteiger partial charge on any atom is 0.246 e. The first-order valence-corrected chi connectivity index (χ1v) is 12.2. The third kappa shape index (κ3) is 4.71. The van der Waals surface area contributed by atoms with Crippen LogP contribution in [-0.2, 0) is 4.79 Å². The summed E-state index contributed by atoms with van der Waals surface area (Å²) in [6, 6.07) is 15.3. The van der Waals surface area contributed by atoms with Crippen LogP contribution in [0.4, 0.5) is 11.5 Å². The Labute approximate surface area is 218 Å². The average molecular weight is 508 g/mol. The van der Waals surface area contributed by atoms with E-state index in [2.05, 4.69) is 31.9 Å². The van der Waals surface area contributed by atoms with Crippen molar-refractivity contribution < 1.29 is 14.3 Å². The first-order chi connectivity index (χ1) is 18.6. The molecule has 1 atom stereocenters. The molecule has 6 rings (SSSR count). The standard InChI is InChI=1S/C28H25N7O3/c1-3-27(36)34-10-8-22(15-34)37-20-5-6-24-23(13-20)28(31-16-29-24)33-19-4-7-25(18(2)12-19)38-21-9-11-35-26(14-21)30-17-32-35/h3-7,9,11-14,16-17,22H,1,8,10,15H2,2H3,(H,29,31,33). The van der Waals surface area contributed by atoms with Crippen LogP contribution in [-0.4, -0.2) is 54.6 Å². The first-order valence-electron chi connectivity index (χ1n) is 12.2. The fraction of sp³-hybridized carbons (Fsp3) is 0.179. The predicted molar refractivity (Wildman–Crippen MR) is 143 cm³/mol. The minimum atomic E-state index is -0.0717. The van der Waals surface area contributed by atoms with Crippen molar-refractivity contribution in [3.05, 3.63) is 85.6 Å². The largest absolute Gasteiger partial charge is 0.488 e. The minimum Gasteiger partial charge on any atom is -0.488 e. The van der Waals surface area contributed by atoms with E-state index in [1.165, 1.54) is 18.7 Å². The van der Waals surface area contributed by atoms with Gasteiger partial charge < -0.3 is 19.7 Å². The Kier molecular flexibility index (Phi) is 6.04. The highest BCUT2D eigenvalue weighted by molar-refractivity contribution is 5.91. The highest BCUT2D eigenvalue weighted by Gasteiger charge is 2.26. The molecule has 38 heavy (non-hydrogen) atoms. The molecule has 10 nitrogen and oxygen atoms in total. The summed E-state index contributed by atoms with van der Waals surface area (Å²) in [5, 5.41) is 8.34. The maximum atomic E-state index is 11.9. The molecule has 0 aliphatic carbocycles. The van der Waals surface area contributed by atoms with Crippen LogP contribution >= 0.6 is 0 Å². The molecule has 1 unspecified atom stereocenters. The lowest BCUT2D eigenvalue weighted by atomic mass is 10.2. The molecule has 1 fully saturated rings. The van der Waals surface area contributed by atoms with Crippen LogP contribution in [0.1, 0.15) is 12.0 Å². The third-order valence-electron chi connectivity index (χ3n) is 6.46. The fourth-order valence-electron chi connectivity index (χ4n) is 4.52. The Morgan fingerprint density at radius 3 is 2.87 bits per heavy atom. The number of ether oxygens (including phenoxy) is 2. The van der Waals surface area contributed by atoms with Gasteiger partial charge >= 0.3 is 0 Å². The van der Waals surface area contributed by atoms with E-state index in [4.69, 9.17) is 9.47 Å². The van der Waals surface area contributed by atoms with E-state index in [9.17, 15) is 4.79 Å². The lowest BCUT2D eigenvalue weighted by Crippen LogP contribution is -2.29. The molecule has 190 valence electrons. The Bertz CT molecular complexity index is 1670. The quantitative estimate of drug-likeness (QED) is 0.317. The van der Waals surface area contributed by atoms with Crippen molar-refractivity contribution in [2.45, 2.75) is 19.4 Å². The van der Waals surface area contributed by atoms with Crippen molar-refractivity contribution in [3.63, 3.8) is 0 Å². The lowest BCUT2D eigenvalue weighted by Gasteiger charge is -2.16. The van der Waals surface area contributed by atoms with Crippen molar-refractivity contribution >= 4 is 34.0 Å². The molecule has 4 heterocycles. The highest BCUT2D eigenvalue weighted by Crippen LogP contribution is 2.31. The second-order valence-corrected chi connectivity index (χ2v) is 9.05. The number of likely N-dealkylation sites (tertiary alicyclic amines) is 1. The number of carbonyl (C=O) groups is 1. The van der Waals surface area contributed by atoms with Crippen molar-refractivity contribution in [1.82, 2.24) is 29.5 Å². The van der Waals surface area contributed by atoms with Crippen molar-refractivity contribution in [3.8, 4) is 17.2 Å². The number of rotatable bonds is 7. The van der Waals surface area contributed by atoms with Crippen LogP contribution in [0.15, 0.2) is 80.0 Å². The molecule has 0 bridgehead atoms. The SMILES string of the molecule is C=CC(=O)N1CCC(Oc2ccc3ncnc(Nc4ccc(Oc5ccn6ncnc6c5)c(C)c4)c3c2)C1. The molecule has 1 N–H and O–H groups in total. The highest BCUT2D eigenvalue weighted by atomic mass is 16.5. The number of aryl methyl sites for hydroxylation is 1. The molecular weight excluding hydrogens is 482 g/mol. The number of nitrogens with zero attached hydrogens (tertiary/aromatic N) is 6. The number of aromatic nitrogens is 5. The van der Waals surface area contributed by atoms with E-state index >= 15 is 0 Å². The first kappa shape index (κ1) is 23.4. The zero-order valence-electron chi connectivity index (χ0n) is 20.7. The molecular formula is C28H25N7O3. The summed E-state index contributed by atoms with van der Waals surface area (Å²) >= 11 is 0. The smallest absolute Gasteiger partial charge is 0.246 e. The summed E-state index contributed by atoms with van der Waals surface area (Å²) < 4.78 is 14.0. The number of pyridine rings is 1. The van der Waals surface area contributed by atoms with Crippen molar-refractivity contribution in [2.75, 3.05) is 18.4 Å². The molecule has 10 heteroatoms.